The summed E-state index contributed by atoms with van der Waals surface area (Å²) < 4.78 is 0. The Morgan fingerprint density at radius 2 is 1.08 bits per heavy atom. The second kappa shape index (κ2) is 11.4. The minimum atomic E-state index is 0.0616. The third kappa shape index (κ3) is 5.42. The molecule has 0 radical (unpaired) electrons. The van der Waals surface area contributed by atoms with Crippen molar-refractivity contribution in [3.05, 3.63) is 144 Å². The van der Waals surface area contributed by atoms with Crippen LogP contribution in [0.3, 0.4) is 0 Å². The van der Waals surface area contributed by atoms with Crippen molar-refractivity contribution in [2.24, 2.45) is 0 Å². The first-order chi connectivity index (χ1) is 17.7. The van der Waals surface area contributed by atoms with E-state index in [0.717, 1.165) is 19.6 Å². The monoisotopic (exact) mass is 474 g/mol. The molecule has 1 fully saturated rings. The van der Waals surface area contributed by atoms with Crippen LogP contribution in [-0.4, -0.2) is 41.4 Å². The van der Waals surface area contributed by atoms with Crippen molar-refractivity contribution in [3.8, 4) is 0 Å². The van der Waals surface area contributed by atoms with Gasteiger partial charge in [0.05, 0.1) is 6.04 Å². The Bertz CT molecular complexity index is 1150. The van der Waals surface area contributed by atoms with Gasteiger partial charge in [0.1, 0.15) is 0 Å². The van der Waals surface area contributed by atoms with Gasteiger partial charge in [-0.1, -0.05) is 121 Å². The standard InChI is InChI=1S/C33H34N2O/c1-26-25-34(33(29-18-10-4-11-19-29)30-20-12-5-13-21-30)22-23-35(26)32(36)24-31(27-14-6-2-7-15-27)28-16-8-3-9-17-28/h2-21,26,31,33H,22-25H2,1H3. The summed E-state index contributed by atoms with van der Waals surface area (Å²) in [4.78, 5) is 18.3. The number of benzene rings is 4. The predicted molar refractivity (Wildman–Crippen MR) is 147 cm³/mol. The summed E-state index contributed by atoms with van der Waals surface area (Å²) in [5, 5.41) is 0. The van der Waals surface area contributed by atoms with Gasteiger partial charge in [-0.2, -0.15) is 0 Å². The highest BCUT2D eigenvalue weighted by Crippen LogP contribution is 2.32. The molecular weight excluding hydrogens is 440 g/mol. The number of hydrogen-bond donors (Lipinski definition) is 0. The molecule has 0 spiro atoms. The van der Waals surface area contributed by atoms with Gasteiger partial charge in [0, 0.05) is 38.0 Å². The fourth-order valence-electron chi connectivity index (χ4n) is 5.57. The molecule has 1 aliphatic rings. The van der Waals surface area contributed by atoms with E-state index < -0.39 is 0 Å². The third-order valence-corrected chi connectivity index (χ3v) is 7.36. The van der Waals surface area contributed by atoms with Crippen molar-refractivity contribution in [1.82, 2.24) is 9.80 Å². The van der Waals surface area contributed by atoms with Crippen molar-refractivity contribution >= 4 is 5.91 Å². The van der Waals surface area contributed by atoms with Crippen LogP contribution < -0.4 is 0 Å². The van der Waals surface area contributed by atoms with Gasteiger partial charge in [0.15, 0.2) is 0 Å². The average Bonchev–Trinajstić information content (AvgIpc) is 2.94. The van der Waals surface area contributed by atoms with Gasteiger partial charge < -0.3 is 4.90 Å². The highest BCUT2D eigenvalue weighted by Gasteiger charge is 2.33. The number of nitrogens with zero attached hydrogens (tertiary/aromatic N) is 2. The normalized spacial score (nSPS) is 16.4. The quantitative estimate of drug-likeness (QED) is 0.304. The molecular formula is C33H34N2O. The van der Waals surface area contributed by atoms with E-state index in [1.54, 1.807) is 0 Å². The Hall–Kier alpha value is -3.69. The molecule has 0 saturated carbocycles. The molecule has 1 heterocycles. The SMILES string of the molecule is CC1CN(C(c2ccccc2)c2ccccc2)CCN1C(=O)CC(c1ccccc1)c1ccccc1. The first kappa shape index (κ1) is 24.0. The van der Waals surface area contributed by atoms with Crippen molar-refractivity contribution in [2.45, 2.75) is 31.3 Å². The van der Waals surface area contributed by atoms with E-state index >= 15 is 0 Å². The Balaban J connectivity index is 1.34. The lowest BCUT2D eigenvalue weighted by atomic mass is 9.88. The van der Waals surface area contributed by atoms with Gasteiger partial charge in [-0.3, -0.25) is 9.69 Å². The summed E-state index contributed by atoms with van der Waals surface area (Å²) >= 11 is 0. The summed E-state index contributed by atoms with van der Waals surface area (Å²) in [5.74, 6) is 0.294. The van der Waals surface area contributed by atoms with Gasteiger partial charge in [-0.25, -0.2) is 0 Å². The molecule has 0 aromatic heterocycles. The van der Waals surface area contributed by atoms with Gasteiger partial charge in [0.2, 0.25) is 5.91 Å². The van der Waals surface area contributed by atoms with Gasteiger partial charge in [-0.05, 0) is 29.2 Å². The van der Waals surface area contributed by atoms with E-state index in [0.29, 0.717) is 6.42 Å². The van der Waals surface area contributed by atoms with E-state index in [9.17, 15) is 4.79 Å². The predicted octanol–water partition coefficient (Wildman–Crippen LogP) is 6.53. The molecule has 3 heteroatoms. The summed E-state index contributed by atoms with van der Waals surface area (Å²) in [5.41, 5.74) is 4.97. The lowest BCUT2D eigenvalue weighted by Crippen LogP contribution is -2.55. The molecule has 1 aliphatic heterocycles. The summed E-state index contributed by atoms with van der Waals surface area (Å²) in [6, 6.07) is 42.6. The van der Waals surface area contributed by atoms with E-state index in [1.165, 1.54) is 22.3 Å². The highest BCUT2D eigenvalue weighted by atomic mass is 16.2. The molecule has 0 aliphatic carbocycles. The van der Waals surface area contributed by atoms with E-state index in [2.05, 4.69) is 126 Å². The van der Waals surface area contributed by atoms with Gasteiger partial charge in [-0.15, -0.1) is 0 Å². The largest absolute Gasteiger partial charge is 0.337 e. The van der Waals surface area contributed by atoms with Crippen molar-refractivity contribution in [3.63, 3.8) is 0 Å². The Kier molecular flexibility index (Phi) is 7.58. The molecule has 1 unspecified atom stereocenters. The zero-order chi connectivity index (χ0) is 24.7. The van der Waals surface area contributed by atoms with Crippen molar-refractivity contribution in [2.75, 3.05) is 19.6 Å². The molecule has 3 nitrogen and oxygen atoms in total. The first-order valence-corrected chi connectivity index (χ1v) is 12.9. The number of carbonyl (C=O) groups is 1. The van der Waals surface area contributed by atoms with Crippen LogP contribution in [0.2, 0.25) is 0 Å². The van der Waals surface area contributed by atoms with Gasteiger partial charge in [0.25, 0.3) is 0 Å². The maximum absolute atomic E-state index is 13.7. The minimum Gasteiger partial charge on any atom is -0.337 e. The summed E-state index contributed by atoms with van der Waals surface area (Å²) in [7, 11) is 0. The van der Waals surface area contributed by atoms with E-state index in [4.69, 9.17) is 0 Å². The lowest BCUT2D eigenvalue weighted by Gasteiger charge is -2.44. The van der Waals surface area contributed by atoms with Gasteiger partial charge >= 0.3 is 0 Å². The first-order valence-electron chi connectivity index (χ1n) is 12.9. The molecule has 0 bridgehead atoms. The maximum atomic E-state index is 13.7. The molecule has 5 rings (SSSR count). The van der Waals surface area contributed by atoms with Crippen molar-refractivity contribution < 1.29 is 4.79 Å². The number of piperazine rings is 1. The zero-order valence-corrected chi connectivity index (χ0v) is 20.9. The van der Waals surface area contributed by atoms with Crippen LogP contribution in [0.25, 0.3) is 0 Å². The topological polar surface area (TPSA) is 23.6 Å². The Morgan fingerprint density at radius 1 is 0.667 bits per heavy atom. The maximum Gasteiger partial charge on any atom is 0.223 e. The molecule has 1 saturated heterocycles. The third-order valence-electron chi connectivity index (χ3n) is 7.36. The molecule has 4 aromatic rings. The zero-order valence-electron chi connectivity index (χ0n) is 20.9. The second-order valence-electron chi connectivity index (χ2n) is 9.73. The molecule has 1 atom stereocenters. The summed E-state index contributed by atoms with van der Waals surface area (Å²) in [6.07, 6.45) is 0.485. The minimum absolute atomic E-state index is 0.0616. The van der Waals surface area contributed by atoms with Crippen LogP contribution in [0.4, 0.5) is 0 Å². The molecule has 182 valence electrons. The highest BCUT2D eigenvalue weighted by molar-refractivity contribution is 5.78. The second-order valence-corrected chi connectivity index (χ2v) is 9.73. The fraction of sp³-hybridized carbons (Fsp3) is 0.242. The van der Waals surface area contributed by atoms with Crippen LogP contribution in [0.5, 0.6) is 0 Å². The van der Waals surface area contributed by atoms with Crippen LogP contribution in [0.15, 0.2) is 121 Å². The van der Waals surface area contributed by atoms with Crippen LogP contribution in [0, 0.1) is 0 Å². The Labute approximate surface area is 215 Å². The Morgan fingerprint density at radius 3 is 1.50 bits per heavy atom. The molecule has 1 amide bonds. The molecule has 36 heavy (non-hydrogen) atoms. The van der Waals surface area contributed by atoms with E-state index in [1.807, 2.05) is 12.1 Å². The molecule has 0 N–H and O–H groups in total. The summed E-state index contributed by atoms with van der Waals surface area (Å²) in [6.45, 7) is 4.64. The average molecular weight is 475 g/mol. The number of hydrogen-bond acceptors (Lipinski definition) is 2. The molecule has 4 aromatic carbocycles. The lowest BCUT2D eigenvalue weighted by molar-refractivity contribution is -0.136. The smallest absolute Gasteiger partial charge is 0.223 e. The van der Waals surface area contributed by atoms with Crippen LogP contribution in [0.1, 0.15) is 47.6 Å². The number of amides is 1. The van der Waals surface area contributed by atoms with Crippen LogP contribution in [-0.2, 0) is 4.79 Å². The number of carbonyl (C=O) groups excluding carboxylic acids is 1. The number of rotatable bonds is 7. The van der Waals surface area contributed by atoms with Crippen LogP contribution >= 0.6 is 0 Å². The fourth-order valence-corrected chi connectivity index (χ4v) is 5.57. The van der Waals surface area contributed by atoms with Crippen molar-refractivity contribution in [1.29, 1.82) is 0 Å². The van der Waals surface area contributed by atoms with E-state index in [-0.39, 0.29) is 23.9 Å².